The first-order valence-corrected chi connectivity index (χ1v) is 6.27. The van der Waals surface area contributed by atoms with E-state index in [9.17, 15) is 4.79 Å². The molecule has 1 saturated carbocycles. The average Bonchev–Trinajstić information content (AvgIpc) is 3.05. The van der Waals surface area contributed by atoms with Crippen molar-refractivity contribution in [1.82, 2.24) is 5.32 Å². The van der Waals surface area contributed by atoms with E-state index in [0.29, 0.717) is 21.7 Å². The van der Waals surface area contributed by atoms with Crippen molar-refractivity contribution in [1.29, 1.82) is 0 Å². The maximum Gasteiger partial charge on any atom is 0.251 e. The molecule has 0 bridgehead atoms. The van der Waals surface area contributed by atoms with E-state index in [4.69, 9.17) is 17.3 Å². The Morgan fingerprint density at radius 2 is 2.18 bits per heavy atom. The molecule has 1 aliphatic rings. The lowest BCUT2D eigenvalue weighted by atomic mass is 10.0. The van der Waals surface area contributed by atoms with Crippen LogP contribution in [-0.4, -0.2) is 12.5 Å². The van der Waals surface area contributed by atoms with Gasteiger partial charge in [0.15, 0.2) is 0 Å². The van der Waals surface area contributed by atoms with Crippen molar-refractivity contribution in [3.05, 3.63) is 28.8 Å². The van der Waals surface area contributed by atoms with E-state index in [-0.39, 0.29) is 5.91 Å². The van der Waals surface area contributed by atoms with Crippen LogP contribution in [0.4, 0.5) is 5.69 Å². The first kappa shape index (κ1) is 12.2. The van der Waals surface area contributed by atoms with Crippen molar-refractivity contribution in [3.63, 3.8) is 0 Å². The Kier molecular flexibility index (Phi) is 3.29. The fraction of sp³-hybridized carbons (Fsp3) is 0.462. The lowest BCUT2D eigenvalue weighted by Gasteiger charge is -2.13. The van der Waals surface area contributed by atoms with Gasteiger partial charge in [-0.05, 0) is 42.9 Å². The summed E-state index contributed by atoms with van der Waals surface area (Å²) in [6.07, 6.45) is 3.54. The second kappa shape index (κ2) is 4.57. The molecule has 1 fully saturated rings. The van der Waals surface area contributed by atoms with Crippen LogP contribution in [-0.2, 0) is 0 Å². The molecular formula is C13H17ClN2O. The summed E-state index contributed by atoms with van der Waals surface area (Å²) in [6.45, 7) is 2.91. The predicted molar refractivity (Wildman–Crippen MR) is 70.2 cm³/mol. The van der Waals surface area contributed by atoms with E-state index in [2.05, 4.69) is 12.2 Å². The molecule has 92 valence electrons. The molecule has 0 unspecified atom stereocenters. The molecule has 1 aliphatic carbocycles. The van der Waals surface area contributed by atoms with E-state index < -0.39 is 0 Å². The van der Waals surface area contributed by atoms with Crippen molar-refractivity contribution in [2.45, 2.75) is 26.2 Å². The third kappa shape index (κ3) is 2.91. The number of nitrogens with one attached hydrogen (secondary N) is 1. The Labute approximate surface area is 106 Å². The van der Waals surface area contributed by atoms with Gasteiger partial charge in [0.05, 0.1) is 0 Å². The minimum absolute atomic E-state index is 0.0982. The molecule has 3 nitrogen and oxygen atoms in total. The molecular weight excluding hydrogens is 236 g/mol. The Hall–Kier alpha value is -1.22. The zero-order chi connectivity index (χ0) is 12.5. The fourth-order valence-electron chi connectivity index (χ4n) is 1.95. The summed E-state index contributed by atoms with van der Waals surface area (Å²) in [6, 6.07) is 4.91. The van der Waals surface area contributed by atoms with Gasteiger partial charge in [0.2, 0.25) is 0 Å². The van der Waals surface area contributed by atoms with Gasteiger partial charge >= 0.3 is 0 Å². The lowest BCUT2D eigenvalue weighted by molar-refractivity contribution is 0.0944. The van der Waals surface area contributed by atoms with Gasteiger partial charge in [-0.2, -0.15) is 0 Å². The van der Waals surface area contributed by atoms with Gasteiger partial charge < -0.3 is 11.1 Å². The number of amides is 1. The smallest absolute Gasteiger partial charge is 0.251 e. The number of hydrogen-bond acceptors (Lipinski definition) is 2. The first-order valence-electron chi connectivity index (χ1n) is 5.89. The van der Waals surface area contributed by atoms with Gasteiger partial charge in [-0.15, -0.1) is 0 Å². The maximum absolute atomic E-state index is 11.9. The third-order valence-corrected chi connectivity index (χ3v) is 3.73. The minimum atomic E-state index is -0.0982. The summed E-state index contributed by atoms with van der Waals surface area (Å²) >= 11 is 5.86. The first-order chi connectivity index (χ1) is 8.04. The number of nitrogen functional groups attached to an aromatic ring is 1. The highest BCUT2D eigenvalue weighted by Crippen LogP contribution is 2.47. The second-order valence-electron chi connectivity index (χ2n) is 4.81. The Morgan fingerprint density at radius 1 is 1.47 bits per heavy atom. The van der Waals surface area contributed by atoms with E-state index in [1.165, 1.54) is 12.8 Å². The summed E-state index contributed by atoms with van der Waals surface area (Å²) < 4.78 is 0. The molecule has 1 aromatic rings. The van der Waals surface area contributed by atoms with Crippen molar-refractivity contribution in [2.75, 3.05) is 12.3 Å². The van der Waals surface area contributed by atoms with Crippen LogP contribution in [0, 0.1) is 5.41 Å². The van der Waals surface area contributed by atoms with Crippen molar-refractivity contribution in [2.24, 2.45) is 5.41 Å². The number of benzene rings is 1. The summed E-state index contributed by atoms with van der Waals surface area (Å²) in [5.41, 5.74) is 7.04. The van der Waals surface area contributed by atoms with Crippen molar-refractivity contribution >= 4 is 23.2 Å². The van der Waals surface area contributed by atoms with Gasteiger partial charge in [0, 0.05) is 22.8 Å². The highest BCUT2D eigenvalue weighted by molar-refractivity contribution is 6.31. The lowest BCUT2D eigenvalue weighted by Crippen LogP contribution is -2.30. The second-order valence-corrected chi connectivity index (χ2v) is 5.25. The zero-order valence-electron chi connectivity index (χ0n) is 9.92. The summed E-state index contributed by atoms with van der Waals surface area (Å²) in [4.78, 5) is 11.9. The molecule has 0 aromatic heterocycles. The summed E-state index contributed by atoms with van der Waals surface area (Å²) in [7, 11) is 0. The van der Waals surface area contributed by atoms with E-state index >= 15 is 0 Å². The number of hydrogen-bond donors (Lipinski definition) is 2. The van der Waals surface area contributed by atoms with Crippen LogP contribution < -0.4 is 11.1 Å². The fourth-order valence-corrected chi connectivity index (χ4v) is 2.19. The van der Waals surface area contributed by atoms with Gasteiger partial charge in [-0.1, -0.05) is 18.5 Å². The Bertz CT molecular complexity index is 421. The number of halogens is 1. The topological polar surface area (TPSA) is 55.1 Å². The number of carbonyl (C=O) groups excluding carboxylic acids is 1. The van der Waals surface area contributed by atoms with Gasteiger partial charge in [0.1, 0.15) is 0 Å². The maximum atomic E-state index is 11.9. The number of nitrogens with two attached hydrogens (primary N) is 1. The normalized spacial score (nSPS) is 16.6. The molecule has 2 rings (SSSR count). The van der Waals surface area contributed by atoms with Crippen LogP contribution in [0.15, 0.2) is 18.2 Å². The van der Waals surface area contributed by atoms with Crippen LogP contribution in [0.25, 0.3) is 0 Å². The molecule has 1 amide bonds. The van der Waals surface area contributed by atoms with Crippen LogP contribution in [0.5, 0.6) is 0 Å². The zero-order valence-corrected chi connectivity index (χ0v) is 10.7. The highest BCUT2D eigenvalue weighted by atomic mass is 35.5. The molecule has 0 atom stereocenters. The Morgan fingerprint density at radius 3 is 2.71 bits per heavy atom. The van der Waals surface area contributed by atoms with E-state index in [1.54, 1.807) is 18.2 Å². The van der Waals surface area contributed by atoms with E-state index in [0.717, 1.165) is 13.0 Å². The molecule has 1 aromatic carbocycles. The van der Waals surface area contributed by atoms with Gasteiger partial charge in [0.25, 0.3) is 5.91 Å². The average molecular weight is 253 g/mol. The molecule has 4 heteroatoms. The quantitative estimate of drug-likeness (QED) is 0.810. The number of anilines is 1. The molecule has 0 heterocycles. The van der Waals surface area contributed by atoms with Crippen LogP contribution in [0.3, 0.4) is 0 Å². The predicted octanol–water partition coefficient (Wildman–Crippen LogP) is 2.84. The number of rotatable bonds is 4. The Balaban J connectivity index is 1.99. The summed E-state index contributed by atoms with van der Waals surface area (Å²) in [5, 5.41) is 3.45. The standard InChI is InChI=1S/C13H17ClN2O/c1-2-13(3-4-13)8-16-12(17)9-5-10(14)7-11(15)6-9/h5-7H,2-4,8,15H2,1H3,(H,16,17). The molecule has 0 aliphatic heterocycles. The van der Waals surface area contributed by atoms with Crippen molar-refractivity contribution < 1.29 is 4.79 Å². The molecule has 3 N–H and O–H groups in total. The van der Waals surface area contributed by atoms with Crippen LogP contribution >= 0.6 is 11.6 Å². The molecule has 0 saturated heterocycles. The van der Waals surface area contributed by atoms with Gasteiger partial charge in [-0.3, -0.25) is 4.79 Å². The highest BCUT2D eigenvalue weighted by Gasteiger charge is 2.40. The SMILES string of the molecule is CCC1(CNC(=O)c2cc(N)cc(Cl)c2)CC1. The van der Waals surface area contributed by atoms with Crippen LogP contribution in [0.2, 0.25) is 5.02 Å². The largest absolute Gasteiger partial charge is 0.399 e. The van der Waals surface area contributed by atoms with Gasteiger partial charge in [-0.25, -0.2) is 0 Å². The minimum Gasteiger partial charge on any atom is -0.399 e. The molecule has 0 spiro atoms. The third-order valence-electron chi connectivity index (χ3n) is 3.51. The van der Waals surface area contributed by atoms with Crippen LogP contribution in [0.1, 0.15) is 36.5 Å². The van der Waals surface area contributed by atoms with Crippen molar-refractivity contribution in [3.8, 4) is 0 Å². The molecule has 17 heavy (non-hydrogen) atoms. The molecule has 0 radical (unpaired) electrons. The monoisotopic (exact) mass is 252 g/mol. The van der Waals surface area contributed by atoms with E-state index in [1.807, 2.05) is 0 Å². The summed E-state index contributed by atoms with van der Waals surface area (Å²) in [5.74, 6) is -0.0982. The number of carbonyl (C=O) groups is 1.